The van der Waals surface area contributed by atoms with E-state index in [9.17, 15) is 9.59 Å². The fourth-order valence-corrected chi connectivity index (χ4v) is 4.29. The largest absolute Gasteiger partial charge is 0.322 e. The van der Waals surface area contributed by atoms with Gasteiger partial charge in [0.1, 0.15) is 11.4 Å². The predicted octanol–water partition coefficient (Wildman–Crippen LogP) is 2.99. The van der Waals surface area contributed by atoms with Crippen LogP contribution in [0.1, 0.15) is 35.4 Å². The maximum absolute atomic E-state index is 12.7. The molecule has 1 aliphatic heterocycles. The van der Waals surface area contributed by atoms with Crippen molar-refractivity contribution in [1.82, 2.24) is 24.1 Å². The van der Waals surface area contributed by atoms with Crippen LogP contribution >= 0.6 is 11.3 Å². The molecule has 0 atom stereocenters. The Morgan fingerprint density at radius 1 is 1.17 bits per heavy atom. The van der Waals surface area contributed by atoms with Crippen LogP contribution in [0.2, 0.25) is 0 Å². The Kier molecular flexibility index (Phi) is 4.44. The number of benzene rings is 1. The van der Waals surface area contributed by atoms with E-state index in [1.54, 1.807) is 17.6 Å². The number of nitrogens with zero attached hydrogens (tertiary/aromatic N) is 5. The molecule has 0 bridgehead atoms. The third kappa shape index (κ3) is 3.23. The monoisotopic (exact) mass is 406 g/mol. The number of aromatic nitrogens is 5. The van der Waals surface area contributed by atoms with Crippen LogP contribution in [0.3, 0.4) is 0 Å². The highest BCUT2D eigenvalue weighted by Crippen LogP contribution is 2.25. The molecule has 29 heavy (non-hydrogen) atoms. The van der Waals surface area contributed by atoms with E-state index in [0.29, 0.717) is 10.6 Å². The summed E-state index contributed by atoms with van der Waals surface area (Å²) in [7, 11) is 0. The zero-order chi connectivity index (χ0) is 19.8. The Hall–Kier alpha value is -3.33. The van der Waals surface area contributed by atoms with E-state index < -0.39 is 5.91 Å². The van der Waals surface area contributed by atoms with Gasteiger partial charge in [0.15, 0.2) is 10.8 Å². The molecular weight excluding hydrogens is 388 g/mol. The van der Waals surface area contributed by atoms with E-state index in [1.807, 2.05) is 18.2 Å². The summed E-state index contributed by atoms with van der Waals surface area (Å²) in [5.74, 6) is 1.33. The SMILES string of the molecule is O=C(Nc1cccc(-c2nnc3n2CCCCC3)c1)c1cnc2sccn2c1=O. The molecule has 1 aliphatic rings. The number of nitrogens with one attached hydrogen (secondary N) is 1. The highest BCUT2D eigenvalue weighted by Gasteiger charge is 2.17. The van der Waals surface area contributed by atoms with E-state index in [-0.39, 0.29) is 11.1 Å². The zero-order valence-corrected chi connectivity index (χ0v) is 16.4. The number of anilines is 1. The van der Waals surface area contributed by atoms with Gasteiger partial charge in [-0.15, -0.1) is 21.5 Å². The third-order valence-electron chi connectivity index (χ3n) is 5.08. The molecule has 0 saturated heterocycles. The molecular formula is C20H18N6O2S. The standard InChI is InChI=1S/C20H18N6O2S/c27-18(15-12-21-20-26(19(15)28)9-10-29-20)22-14-6-4-5-13(11-14)17-24-23-16-7-2-1-3-8-25(16)17/h4-6,9-12H,1-3,7-8H2,(H,22,27). The first-order valence-corrected chi connectivity index (χ1v) is 10.4. The van der Waals surface area contributed by atoms with Gasteiger partial charge in [0.05, 0.1) is 0 Å². The number of thiazole rings is 1. The molecule has 4 aromatic rings. The van der Waals surface area contributed by atoms with Crippen LogP contribution in [0.4, 0.5) is 5.69 Å². The summed E-state index contributed by atoms with van der Waals surface area (Å²) in [6, 6.07) is 7.45. The minimum atomic E-state index is -0.486. The van der Waals surface area contributed by atoms with Crippen molar-refractivity contribution in [2.24, 2.45) is 0 Å². The zero-order valence-electron chi connectivity index (χ0n) is 15.5. The van der Waals surface area contributed by atoms with Crippen LogP contribution in [0.15, 0.2) is 46.8 Å². The molecule has 0 unspecified atom stereocenters. The minimum absolute atomic E-state index is 0.00245. The topological polar surface area (TPSA) is 94.2 Å². The second kappa shape index (κ2) is 7.25. The molecule has 0 aliphatic carbocycles. The van der Waals surface area contributed by atoms with Crippen LogP contribution in [0.5, 0.6) is 0 Å². The fraction of sp³-hybridized carbons (Fsp3) is 0.250. The van der Waals surface area contributed by atoms with Gasteiger partial charge in [-0.25, -0.2) is 4.98 Å². The molecule has 3 aromatic heterocycles. The maximum atomic E-state index is 12.7. The molecule has 146 valence electrons. The highest BCUT2D eigenvalue weighted by molar-refractivity contribution is 7.15. The number of hydrogen-bond donors (Lipinski definition) is 1. The molecule has 9 heteroatoms. The average molecular weight is 406 g/mol. The number of amides is 1. The Labute approximate surface area is 169 Å². The van der Waals surface area contributed by atoms with Crippen LogP contribution in [0, 0.1) is 0 Å². The lowest BCUT2D eigenvalue weighted by atomic mass is 10.1. The molecule has 0 saturated carbocycles. The molecule has 5 rings (SSSR count). The lowest BCUT2D eigenvalue weighted by molar-refractivity contribution is 0.102. The summed E-state index contributed by atoms with van der Waals surface area (Å²) in [6.07, 6.45) is 7.31. The summed E-state index contributed by atoms with van der Waals surface area (Å²) in [6.45, 7) is 0.900. The normalized spacial score (nSPS) is 13.8. The molecule has 0 spiro atoms. The molecule has 0 fully saturated rings. The van der Waals surface area contributed by atoms with Gasteiger partial charge >= 0.3 is 0 Å². The van der Waals surface area contributed by atoms with E-state index in [4.69, 9.17) is 0 Å². The van der Waals surface area contributed by atoms with Crippen molar-refractivity contribution in [3.8, 4) is 11.4 Å². The van der Waals surface area contributed by atoms with Crippen LogP contribution < -0.4 is 10.9 Å². The van der Waals surface area contributed by atoms with Crippen LogP contribution in [-0.2, 0) is 13.0 Å². The van der Waals surface area contributed by atoms with Crippen molar-refractivity contribution >= 4 is 27.9 Å². The van der Waals surface area contributed by atoms with Crippen molar-refractivity contribution in [1.29, 1.82) is 0 Å². The van der Waals surface area contributed by atoms with E-state index in [1.165, 1.54) is 28.4 Å². The smallest absolute Gasteiger partial charge is 0.271 e. The first-order chi connectivity index (χ1) is 14.2. The second-order valence-electron chi connectivity index (χ2n) is 6.97. The first kappa shape index (κ1) is 17.7. The van der Waals surface area contributed by atoms with Gasteiger partial charge in [0.2, 0.25) is 0 Å². The van der Waals surface area contributed by atoms with Crippen molar-refractivity contribution in [2.45, 2.75) is 32.2 Å². The quantitative estimate of drug-likeness (QED) is 0.564. The molecule has 1 N–H and O–H groups in total. The van der Waals surface area contributed by atoms with Crippen molar-refractivity contribution < 1.29 is 4.79 Å². The lowest BCUT2D eigenvalue weighted by Gasteiger charge is -2.09. The number of aryl methyl sites for hydroxylation is 1. The van der Waals surface area contributed by atoms with Crippen molar-refractivity contribution in [3.05, 3.63) is 63.8 Å². The van der Waals surface area contributed by atoms with Crippen molar-refractivity contribution in [2.75, 3.05) is 5.32 Å². The lowest BCUT2D eigenvalue weighted by Crippen LogP contribution is -2.25. The Morgan fingerprint density at radius 2 is 2.10 bits per heavy atom. The number of fused-ring (bicyclic) bond motifs is 2. The molecule has 0 radical (unpaired) electrons. The predicted molar refractivity (Wildman–Crippen MR) is 110 cm³/mol. The maximum Gasteiger partial charge on any atom is 0.271 e. The number of hydrogen-bond acceptors (Lipinski definition) is 6. The van der Waals surface area contributed by atoms with Crippen molar-refractivity contribution in [3.63, 3.8) is 0 Å². The summed E-state index contributed by atoms with van der Waals surface area (Å²) in [5.41, 5.74) is 1.09. The van der Waals surface area contributed by atoms with Crippen LogP contribution in [0.25, 0.3) is 16.3 Å². The van der Waals surface area contributed by atoms with Gasteiger partial charge < -0.3 is 9.88 Å². The summed E-state index contributed by atoms with van der Waals surface area (Å²) in [4.78, 5) is 29.9. The second-order valence-corrected chi connectivity index (χ2v) is 7.84. The molecule has 1 amide bonds. The Balaban J connectivity index is 1.44. The summed E-state index contributed by atoms with van der Waals surface area (Å²) < 4.78 is 3.54. The number of rotatable bonds is 3. The van der Waals surface area contributed by atoms with E-state index in [0.717, 1.165) is 43.0 Å². The third-order valence-corrected chi connectivity index (χ3v) is 5.85. The average Bonchev–Trinajstić information content (AvgIpc) is 3.30. The molecule has 1 aromatic carbocycles. The molecule has 8 nitrogen and oxygen atoms in total. The molecule has 4 heterocycles. The van der Waals surface area contributed by atoms with Gasteiger partial charge in [-0.3, -0.25) is 14.0 Å². The highest BCUT2D eigenvalue weighted by atomic mass is 32.1. The van der Waals surface area contributed by atoms with Gasteiger partial charge in [-0.1, -0.05) is 18.6 Å². The Morgan fingerprint density at radius 3 is 3.03 bits per heavy atom. The van der Waals surface area contributed by atoms with Gasteiger partial charge in [0, 0.05) is 42.0 Å². The fourth-order valence-electron chi connectivity index (χ4n) is 3.61. The Bertz CT molecular complexity index is 1270. The number of carbonyl (C=O) groups excluding carboxylic acids is 1. The van der Waals surface area contributed by atoms with Gasteiger partial charge in [0.25, 0.3) is 11.5 Å². The number of carbonyl (C=O) groups is 1. The summed E-state index contributed by atoms with van der Waals surface area (Å²) >= 11 is 1.34. The van der Waals surface area contributed by atoms with E-state index in [2.05, 4.69) is 25.1 Å². The minimum Gasteiger partial charge on any atom is -0.322 e. The first-order valence-electron chi connectivity index (χ1n) is 9.49. The van der Waals surface area contributed by atoms with Gasteiger partial charge in [-0.05, 0) is 25.0 Å². The van der Waals surface area contributed by atoms with E-state index >= 15 is 0 Å². The summed E-state index contributed by atoms with van der Waals surface area (Å²) in [5, 5.41) is 13.3. The van der Waals surface area contributed by atoms with Gasteiger partial charge in [-0.2, -0.15) is 0 Å². The van der Waals surface area contributed by atoms with Crippen LogP contribution in [-0.4, -0.2) is 30.1 Å².